The van der Waals surface area contributed by atoms with Crippen molar-refractivity contribution >= 4 is 5.91 Å². The van der Waals surface area contributed by atoms with E-state index < -0.39 is 30.5 Å². The zero-order chi connectivity index (χ0) is 27.7. The summed E-state index contributed by atoms with van der Waals surface area (Å²) in [4.78, 5) is 14.0. The maximum Gasteiger partial charge on any atom is 0.231 e. The van der Waals surface area contributed by atoms with Gasteiger partial charge in [0, 0.05) is 25.0 Å². The molecule has 0 radical (unpaired) electrons. The summed E-state index contributed by atoms with van der Waals surface area (Å²) in [6, 6.07) is 15.0. The van der Waals surface area contributed by atoms with Gasteiger partial charge >= 0.3 is 0 Å². The summed E-state index contributed by atoms with van der Waals surface area (Å²) in [6.45, 7) is 1.96. The highest BCUT2D eigenvalue weighted by Crippen LogP contribution is 2.53. The van der Waals surface area contributed by atoms with Crippen LogP contribution in [0.1, 0.15) is 39.8 Å². The summed E-state index contributed by atoms with van der Waals surface area (Å²) in [7, 11) is 4.58. The number of ether oxygens (including phenoxy) is 5. The molecule has 0 saturated carbocycles. The van der Waals surface area contributed by atoms with E-state index in [-0.39, 0.29) is 12.7 Å². The molecule has 2 aliphatic rings. The first-order chi connectivity index (χ1) is 18.9. The van der Waals surface area contributed by atoms with Crippen LogP contribution in [0, 0.1) is 18.8 Å². The summed E-state index contributed by atoms with van der Waals surface area (Å²) >= 11 is 0. The largest absolute Gasteiger partial charge is 0.493 e. The number of fused-ring (bicyclic) bond motifs is 2. The van der Waals surface area contributed by atoms with E-state index in [4.69, 9.17) is 23.7 Å². The van der Waals surface area contributed by atoms with Crippen LogP contribution in [-0.4, -0.2) is 50.8 Å². The molecule has 3 aromatic carbocycles. The highest BCUT2D eigenvalue weighted by atomic mass is 16.7. The molecule has 0 saturated heterocycles. The maximum atomic E-state index is 14.0. The van der Waals surface area contributed by atoms with E-state index in [1.54, 1.807) is 18.2 Å². The lowest BCUT2D eigenvalue weighted by Crippen LogP contribution is -2.45. The Labute approximate surface area is 227 Å². The van der Waals surface area contributed by atoms with E-state index in [1.807, 2.05) is 37.3 Å². The Kier molecular flexibility index (Phi) is 7.54. The molecule has 1 heterocycles. The number of aliphatic hydroxyl groups is 2. The van der Waals surface area contributed by atoms with Gasteiger partial charge in [-0.1, -0.05) is 24.3 Å². The average Bonchev–Trinajstić information content (AvgIpc) is 3.42. The van der Waals surface area contributed by atoms with E-state index in [0.717, 1.165) is 11.1 Å². The van der Waals surface area contributed by atoms with Gasteiger partial charge in [-0.3, -0.25) is 4.79 Å². The lowest BCUT2D eigenvalue weighted by atomic mass is 9.64. The van der Waals surface area contributed by atoms with Gasteiger partial charge in [-0.15, -0.1) is 0 Å². The highest BCUT2D eigenvalue weighted by molar-refractivity contribution is 5.82. The predicted octanol–water partition coefficient (Wildman–Crippen LogP) is 3.47. The first kappa shape index (κ1) is 26.6. The molecule has 9 heteroatoms. The predicted molar refractivity (Wildman–Crippen MR) is 143 cm³/mol. The van der Waals surface area contributed by atoms with E-state index >= 15 is 0 Å². The first-order valence-corrected chi connectivity index (χ1v) is 12.8. The van der Waals surface area contributed by atoms with Crippen LogP contribution in [0.4, 0.5) is 0 Å². The third-order valence-electron chi connectivity index (χ3n) is 7.73. The molecule has 206 valence electrons. The van der Waals surface area contributed by atoms with Crippen LogP contribution in [0.5, 0.6) is 28.7 Å². The van der Waals surface area contributed by atoms with Gasteiger partial charge in [0.15, 0.2) is 23.0 Å². The summed E-state index contributed by atoms with van der Waals surface area (Å²) in [5.41, 5.74) is 4.00. The Bertz CT molecular complexity index is 1350. The second-order valence-corrected chi connectivity index (χ2v) is 9.73. The second kappa shape index (κ2) is 11.0. The minimum Gasteiger partial charge on any atom is -0.493 e. The molecule has 0 spiro atoms. The zero-order valence-electron chi connectivity index (χ0n) is 22.4. The van der Waals surface area contributed by atoms with Crippen LogP contribution < -0.4 is 29.0 Å². The zero-order valence-corrected chi connectivity index (χ0v) is 22.4. The summed E-state index contributed by atoms with van der Waals surface area (Å²) in [5.74, 6) is -0.178. The Morgan fingerprint density at radius 2 is 1.62 bits per heavy atom. The van der Waals surface area contributed by atoms with Crippen molar-refractivity contribution in [3.05, 3.63) is 76.3 Å². The number of benzene rings is 3. The Balaban J connectivity index is 1.66. The molecule has 0 fully saturated rings. The normalized spacial score (nSPS) is 21.2. The number of aliphatic hydroxyl groups excluding tert-OH is 2. The molecule has 1 aliphatic carbocycles. The van der Waals surface area contributed by atoms with Crippen LogP contribution in [0.25, 0.3) is 0 Å². The van der Waals surface area contributed by atoms with Crippen molar-refractivity contribution < 1.29 is 38.7 Å². The lowest BCUT2D eigenvalue weighted by Gasteiger charge is -2.41. The van der Waals surface area contributed by atoms with Gasteiger partial charge in [-0.25, -0.2) is 0 Å². The van der Waals surface area contributed by atoms with Crippen molar-refractivity contribution in [3.8, 4) is 28.7 Å². The number of carbonyl (C=O) groups is 1. The van der Waals surface area contributed by atoms with E-state index in [9.17, 15) is 15.0 Å². The number of aryl methyl sites for hydroxylation is 1. The first-order valence-electron chi connectivity index (χ1n) is 12.8. The van der Waals surface area contributed by atoms with E-state index in [2.05, 4.69) is 5.32 Å². The standard InChI is InChI=1S/C30H33NO8/c1-16-7-5-6-8-17(16)13-31-30(34)27-21(14-32)28(33)20-12-23-22(38-15-39-23)11-19(20)26(27)18-9-24(35-2)29(37-4)25(10-18)36-3/h5-12,21,26-28,32-33H,13-15H2,1-4H3,(H,31,34)/t21-,26+,27-,28-/m0/s1. The monoisotopic (exact) mass is 535 g/mol. The quantitative estimate of drug-likeness (QED) is 0.402. The van der Waals surface area contributed by atoms with Crippen molar-refractivity contribution in [1.82, 2.24) is 5.32 Å². The molecule has 0 bridgehead atoms. The van der Waals surface area contributed by atoms with Gasteiger partial charge in [0.2, 0.25) is 18.4 Å². The van der Waals surface area contributed by atoms with Crippen LogP contribution >= 0.6 is 0 Å². The minimum atomic E-state index is -1.10. The van der Waals surface area contributed by atoms with Crippen molar-refractivity contribution in [2.45, 2.75) is 25.5 Å². The van der Waals surface area contributed by atoms with E-state index in [1.165, 1.54) is 21.3 Å². The molecular weight excluding hydrogens is 502 g/mol. The molecular formula is C30H33NO8. The third kappa shape index (κ3) is 4.72. The number of carbonyl (C=O) groups excluding carboxylic acids is 1. The van der Waals surface area contributed by atoms with Gasteiger partial charge < -0.3 is 39.2 Å². The molecule has 1 aliphatic heterocycles. The molecule has 39 heavy (non-hydrogen) atoms. The Hall–Kier alpha value is -3.95. The molecule has 3 N–H and O–H groups in total. The van der Waals surface area contributed by atoms with Gasteiger partial charge in [-0.05, 0) is 59.0 Å². The smallest absolute Gasteiger partial charge is 0.231 e. The van der Waals surface area contributed by atoms with Gasteiger partial charge in [0.1, 0.15) is 0 Å². The number of nitrogens with one attached hydrogen (secondary N) is 1. The Morgan fingerprint density at radius 3 is 2.21 bits per heavy atom. The molecule has 3 aromatic rings. The van der Waals surface area contributed by atoms with Crippen molar-refractivity contribution in [2.75, 3.05) is 34.7 Å². The fourth-order valence-electron chi connectivity index (χ4n) is 5.70. The Morgan fingerprint density at radius 1 is 0.974 bits per heavy atom. The van der Waals surface area contributed by atoms with Crippen LogP contribution in [-0.2, 0) is 11.3 Å². The minimum absolute atomic E-state index is 0.0624. The third-order valence-corrected chi connectivity index (χ3v) is 7.73. The van der Waals surface area contributed by atoms with Gasteiger partial charge in [-0.2, -0.15) is 0 Å². The van der Waals surface area contributed by atoms with Crippen molar-refractivity contribution in [2.24, 2.45) is 11.8 Å². The van der Waals surface area contributed by atoms with E-state index in [0.29, 0.717) is 52.0 Å². The van der Waals surface area contributed by atoms with Gasteiger partial charge in [0.05, 0.1) is 33.4 Å². The molecule has 4 atom stereocenters. The summed E-state index contributed by atoms with van der Waals surface area (Å²) in [5, 5.41) is 25.0. The molecule has 1 amide bonds. The van der Waals surface area contributed by atoms with Crippen molar-refractivity contribution in [1.29, 1.82) is 0 Å². The number of rotatable bonds is 8. The second-order valence-electron chi connectivity index (χ2n) is 9.73. The molecule has 0 unspecified atom stereocenters. The number of methoxy groups -OCH3 is 3. The summed E-state index contributed by atoms with van der Waals surface area (Å²) in [6.07, 6.45) is -1.10. The number of amides is 1. The summed E-state index contributed by atoms with van der Waals surface area (Å²) < 4.78 is 28.0. The molecule has 9 nitrogen and oxygen atoms in total. The van der Waals surface area contributed by atoms with Crippen LogP contribution in [0.15, 0.2) is 48.5 Å². The molecule has 5 rings (SSSR count). The average molecular weight is 536 g/mol. The fourth-order valence-corrected chi connectivity index (χ4v) is 5.70. The maximum absolute atomic E-state index is 14.0. The van der Waals surface area contributed by atoms with Gasteiger partial charge in [0.25, 0.3) is 0 Å². The molecule has 0 aromatic heterocycles. The topological polar surface area (TPSA) is 116 Å². The van der Waals surface area contributed by atoms with Crippen LogP contribution in [0.3, 0.4) is 0 Å². The lowest BCUT2D eigenvalue weighted by molar-refractivity contribution is -0.131. The SMILES string of the molecule is COc1cc([C@@H]2c3cc4c(cc3[C@H](O)[C@@H](CO)[C@@H]2C(=O)NCc2ccccc2C)OCO4)cc(OC)c1OC. The fraction of sp³-hybridized carbons (Fsp3) is 0.367. The number of hydrogen-bond donors (Lipinski definition) is 3. The van der Waals surface area contributed by atoms with Crippen LogP contribution in [0.2, 0.25) is 0 Å². The van der Waals surface area contributed by atoms with Crippen molar-refractivity contribution in [3.63, 3.8) is 0 Å². The highest BCUT2D eigenvalue weighted by Gasteiger charge is 2.47. The number of hydrogen-bond acceptors (Lipinski definition) is 8.